The zero-order valence-corrected chi connectivity index (χ0v) is 15.3. The lowest BCUT2D eigenvalue weighted by Crippen LogP contribution is -2.35. The van der Waals surface area contributed by atoms with E-state index in [1.165, 1.54) is 0 Å². The third kappa shape index (κ3) is 3.91. The molecule has 1 fully saturated rings. The second-order valence-electron chi connectivity index (χ2n) is 6.89. The number of hydrogen-bond donors (Lipinski definition) is 1. The Hall–Kier alpha value is -2.97. The lowest BCUT2D eigenvalue weighted by molar-refractivity contribution is -0.133. The summed E-state index contributed by atoms with van der Waals surface area (Å²) in [4.78, 5) is 26.4. The lowest BCUT2D eigenvalue weighted by Gasteiger charge is -2.27. The number of aryl methyl sites for hydroxylation is 2. The third-order valence-corrected chi connectivity index (χ3v) is 4.93. The minimum atomic E-state index is -0.143. The van der Waals surface area contributed by atoms with E-state index in [1.807, 2.05) is 18.1 Å². The van der Waals surface area contributed by atoms with E-state index < -0.39 is 0 Å². The van der Waals surface area contributed by atoms with Gasteiger partial charge in [-0.25, -0.2) is 4.98 Å². The SMILES string of the molecule is Cn1cc(-c2nc(C3CCCCCN3C(=O)CCc3cnc[nH]3)no2)cn1. The van der Waals surface area contributed by atoms with Crippen LogP contribution in [0.1, 0.15) is 49.7 Å². The fourth-order valence-electron chi connectivity index (χ4n) is 3.50. The first-order valence-corrected chi connectivity index (χ1v) is 9.30. The van der Waals surface area contributed by atoms with E-state index in [-0.39, 0.29) is 11.9 Å². The molecule has 0 aromatic carbocycles. The summed E-state index contributed by atoms with van der Waals surface area (Å²) in [6.45, 7) is 0.725. The van der Waals surface area contributed by atoms with Gasteiger partial charge in [0.2, 0.25) is 5.91 Å². The van der Waals surface area contributed by atoms with E-state index in [2.05, 4.69) is 25.2 Å². The summed E-state index contributed by atoms with van der Waals surface area (Å²) in [5, 5.41) is 8.31. The Morgan fingerprint density at radius 3 is 3.04 bits per heavy atom. The maximum absolute atomic E-state index is 12.9. The average molecular weight is 369 g/mol. The van der Waals surface area contributed by atoms with Gasteiger partial charge in [-0.3, -0.25) is 9.48 Å². The van der Waals surface area contributed by atoms with Crippen molar-refractivity contribution in [2.24, 2.45) is 7.05 Å². The molecule has 9 heteroatoms. The van der Waals surface area contributed by atoms with Crippen molar-refractivity contribution in [2.45, 2.75) is 44.6 Å². The van der Waals surface area contributed by atoms with Crippen molar-refractivity contribution in [3.05, 3.63) is 36.4 Å². The molecular formula is C18H23N7O2. The Labute approximate surface area is 156 Å². The minimum absolute atomic E-state index is 0.115. The fraction of sp³-hybridized carbons (Fsp3) is 0.500. The van der Waals surface area contributed by atoms with Crippen molar-refractivity contribution in [3.63, 3.8) is 0 Å². The Balaban J connectivity index is 1.51. The number of amides is 1. The smallest absolute Gasteiger partial charge is 0.261 e. The van der Waals surface area contributed by atoms with Crippen LogP contribution in [0, 0.1) is 0 Å². The lowest BCUT2D eigenvalue weighted by atomic mass is 10.1. The average Bonchev–Trinajstić information content (AvgIpc) is 3.39. The van der Waals surface area contributed by atoms with Gasteiger partial charge in [-0.2, -0.15) is 10.1 Å². The van der Waals surface area contributed by atoms with Crippen LogP contribution in [0.4, 0.5) is 0 Å². The summed E-state index contributed by atoms with van der Waals surface area (Å²) in [6, 6.07) is -0.143. The topological polar surface area (TPSA) is 106 Å². The molecule has 1 atom stereocenters. The number of imidazole rings is 1. The normalized spacial score (nSPS) is 17.8. The maximum atomic E-state index is 12.9. The molecule has 3 aromatic heterocycles. The third-order valence-electron chi connectivity index (χ3n) is 4.93. The number of nitrogens with zero attached hydrogens (tertiary/aromatic N) is 6. The molecule has 4 heterocycles. The quantitative estimate of drug-likeness (QED) is 0.739. The van der Waals surface area contributed by atoms with Crippen molar-refractivity contribution in [1.29, 1.82) is 0 Å². The van der Waals surface area contributed by atoms with E-state index in [4.69, 9.17) is 4.52 Å². The van der Waals surface area contributed by atoms with Crippen molar-refractivity contribution >= 4 is 5.91 Å². The molecule has 1 amide bonds. The monoisotopic (exact) mass is 369 g/mol. The standard InChI is InChI=1S/C18H23N7O2/c1-24-11-13(9-21-24)18-22-17(23-27-18)15-5-3-2-4-8-25(15)16(26)7-6-14-10-19-12-20-14/h9-12,15H,2-8H2,1H3,(H,19,20). The van der Waals surface area contributed by atoms with Crippen LogP contribution in [0.25, 0.3) is 11.5 Å². The summed E-state index contributed by atoms with van der Waals surface area (Å²) in [5.74, 6) is 1.13. The first-order valence-electron chi connectivity index (χ1n) is 9.30. The molecule has 1 unspecified atom stereocenters. The van der Waals surface area contributed by atoms with E-state index in [9.17, 15) is 4.79 Å². The maximum Gasteiger partial charge on any atom is 0.261 e. The zero-order valence-electron chi connectivity index (χ0n) is 15.3. The number of likely N-dealkylation sites (tertiary alicyclic amines) is 1. The van der Waals surface area contributed by atoms with Crippen LogP contribution in [0.5, 0.6) is 0 Å². The Kier molecular flexibility index (Phi) is 4.99. The Bertz CT molecular complexity index is 883. The molecule has 4 rings (SSSR count). The van der Waals surface area contributed by atoms with Crippen LogP contribution in [0.15, 0.2) is 29.4 Å². The molecule has 9 nitrogen and oxygen atoms in total. The van der Waals surface area contributed by atoms with E-state index in [0.29, 0.717) is 24.6 Å². The minimum Gasteiger partial charge on any atom is -0.348 e. The van der Waals surface area contributed by atoms with Crippen LogP contribution in [-0.4, -0.2) is 47.2 Å². The summed E-state index contributed by atoms with van der Waals surface area (Å²) in [7, 11) is 1.84. The van der Waals surface area contributed by atoms with E-state index >= 15 is 0 Å². The molecule has 0 radical (unpaired) electrons. The highest BCUT2D eigenvalue weighted by Crippen LogP contribution is 2.30. The number of aromatic nitrogens is 6. The number of carbonyl (C=O) groups excluding carboxylic acids is 1. The number of carbonyl (C=O) groups is 1. The second-order valence-corrected chi connectivity index (χ2v) is 6.89. The van der Waals surface area contributed by atoms with Gasteiger partial charge in [0.25, 0.3) is 5.89 Å². The summed E-state index contributed by atoms with van der Waals surface area (Å²) in [6.07, 6.45) is 12.0. The molecule has 0 saturated carbocycles. The van der Waals surface area contributed by atoms with Crippen LogP contribution in [0.2, 0.25) is 0 Å². The molecule has 0 spiro atoms. The second kappa shape index (κ2) is 7.73. The first-order chi connectivity index (χ1) is 13.2. The molecule has 142 valence electrons. The number of aromatic amines is 1. The van der Waals surface area contributed by atoms with Gasteiger partial charge < -0.3 is 14.4 Å². The van der Waals surface area contributed by atoms with Gasteiger partial charge in [0.15, 0.2) is 5.82 Å². The summed E-state index contributed by atoms with van der Waals surface area (Å²) in [5.41, 5.74) is 1.75. The fourth-order valence-corrected chi connectivity index (χ4v) is 3.50. The highest BCUT2D eigenvalue weighted by molar-refractivity contribution is 5.77. The van der Waals surface area contributed by atoms with Crippen molar-refractivity contribution < 1.29 is 9.32 Å². The molecule has 1 N–H and O–H groups in total. The molecule has 1 aliphatic rings. The number of H-pyrrole nitrogens is 1. The van der Waals surface area contributed by atoms with Gasteiger partial charge in [-0.15, -0.1) is 0 Å². The molecule has 0 bridgehead atoms. The molecule has 1 saturated heterocycles. The van der Waals surface area contributed by atoms with Crippen LogP contribution >= 0.6 is 0 Å². The van der Waals surface area contributed by atoms with Gasteiger partial charge in [-0.1, -0.05) is 18.0 Å². The molecular weight excluding hydrogens is 346 g/mol. The van der Waals surface area contributed by atoms with Gasteiger partial charge >= 0.3 is 0 Å². The Morgan fingerprint density at radius 2 is 2.26 bits per heavy atom. The summed E-state index contributed by atoms with van der Waals surface area (Å²) >= 11 is 0. The van der Waals surface area contributed by atoms with Crippen molar-refractivity contribution in [2.75, 3.05) is 6.54 Å². The van der Waals surface area contributed by atoms with Gasteiger partial charge in [-0.05, 0) is 19.3 Å². The van der Waals surface area contributed by atoms with Gasteiger partial charge in [0.1, 0.15) is 0 Å². The van der Waals surface area contributed by atoms with Crippen LogP contribution < -0.4 is 0 Å². The predicted molar refractivity (Wildman–Crippen MR) is 96.3 cm³/mol. The number of hydrogen-bond acceptors (Lipinski definition) is 6. The molecule has 1 aliphatic heterocycles. The number of nitrogens with one attached hydrogen (secondary N) is 1. The van der Waals surface area contributed by atoms with Crippen LogP contribution in [-0.2, 0) is 18.3 Å². The van der Waals surface area contributed by atoms with Crippen molar-refractivity contribution in [3.8, 4) is 11.5 Å². The molecule has 27 heavy (non-hydrogen) atoms. The predicted octanol–water partition coefficient (Wildman–Crippen LogP) is 2.27. The van der Waals surface area contributed by atoms with E-state index in [0.717, 1.165) is 43.5 Å². The number of rotatable bonds is 5. The van der Waals surface area contributed by atoms with Crippen LogP contribution in [0.3, 0.4) is 0 Å². The van der Waals surface area contributed by atoms with Gasteiger partial charge in [0.05, 0.1) is 24.1 Å². The Morgan fingerprint density at radius 1 is 1.33 bits per heavy atom. The zero-order chi connectivity index (χ0) is 18.6. The molecule has 0 aliphatic carbocycles. The largest absolute Gasteiger partial charge is 0.348 e. The first kappa shape index (κ1) is 17.4. The highest BCUT2D eigenvalue weighted by atomic mass is 16.5. The van der Waals surface area contributed by atoms with E-state index in [1.54, 1.807) is 23.4 Å². The molecule has 3 aromatic rings. The van der Waals surface area contributed by atoms with Gasteiger partial charge in [0, 0.05) is 38.1 Å². The highest BCUT2D eigenvalue weighted by Gasteiger charge is 2.30. The van der Waals surface area contributed by atoms with Crippen molar-refractivity contribution in [1.82, 2.24) is 34.8 Å². The summed E-state index contributed by atoms with van der Waals surface area (Å²) < 4.78 is 7.13.